The van der Waals surface area contributed by atoms with Crippen molar-refractivity contribution in [2.24, 2.45) is 4.99 Å². The van der Waals surface area contributed by atoms with E-state index >= 15 is 0 Å². The van der Waals surface area contributed by atoms with Gasteiger partial charge in [0.1, 0.15) is 0 Å². The van der Waals surface area contributed by atoms with Gasteiger partial charge in [0.25, 0.3) is 0 Å². The zero-order valence-electron chi connectivity index (χ0n) is 7.91. The molecule has 0 aromatic heterocycles. The second-order valence-corrected chi connectivity index (χ2v) is 2.77. The van der Waals surface area contributed by atoms with Crippen molar-refractivity contribution in [2.75, 3.05) is 13.2 Å². The molecule has 0 heterocycles. The summed E-state index contributed by atoms with van der Waals surface area (Å²) in [6.45, 7) is 4.71. The zero-order chi connectivity index (χ0) is 10.3. The van der Waals surface area contributed by atoms with Gasteiger partial charge in [-0.1, -0.05) is 6.92 Å². The number of rotatable bonds is 5. The molecule has 13 heavy (non-hydrogen) atoms. The average Bonchev–Trinajstić information content (AvgIpc) is 2.00. The Kier molecular flexibility index (Phi) is 5.70. The van der Waals surface area contributed by atoms with Crippen LogP contribution in [0.5, 0.6) is 0 Å². The number of nitrogens with one attached hydrogen (secondary N) is 1. The summed E-state index contributed by atoms with van der Waals surface area (Å²) in [5.41, 5.74) is 0.540. The van der Waals surface area contributed by atoms with E-state index in [1.807, 2.05) is 6.92 Å². The number of hydrogen-bond donors (Lipinski definition) is 1. The lowest BCUT2D eigenvalue weighted by Gasteiger charge is -2.05. The van der Waals surface area contributed by atoms with Gasteiger partial charge in [-0.25, -0.2) is 0 Å². The largest absolute Gasteiger partial charge is 0.389 e. The monoisotopic (exact) mass is 196 g/mol. The molecule has 0 aliphatic heterocycles. The molecule has 0 fully saturated rings. The molecule has 0 radical (unpaired) electrons. The third kappa shape index (κ3) is 9.33. The number of aliphatic imine (C=N–C) groups is 1. The number of halogens is 3. The molecule has 0 saturated carbocycles. The number of hydrogen-bond acceptors (Lipinski definition) is 2. The predicted molar refractivity (Wildman–Crippen MR) is 46.9 cm³/mol. The second kappa shape index (κ2) is 5.96. The van der Waals surface area contributed by atoms with Crippen LogP contribution in [0.25, 0.3) is 0 Å². The summed E-state index contributed by atoms with van der Waals surface area (Å²) < 4.78 is 35.2. The summed E-state index contributed by atoms with van der Waals surface area (Å²) in [5.74, 6) is 0. The van der Waals surface area contributed by atoms with E-state index < -0.39 is 12.6 Å². The minimum atomic E-state index is -4.07. The van der Waals surface area contributed by atoms with Gasteiger partial charge < -0.3 is 0 Å². The van der Waals surface area contributed by atoms with Crippen molar-refractivity contribution in [3.8, 4) is 0 Å². The maximum absolute atomic E-state index is 11.7. The zero-order valence-corrected chi connectivity index (χ0v) is 7.91. The van der Waals surface area contributed by atoms with E-state index in [0.29, 0.717) is 12.4 Å². The molecule has 0 aromatic carbocycles. The van der Waals surface area contributed by atoms with E-state index in [1.54, 1.807) is 6.92 Å². The smallest absolute Gasteiger partial charge is 0.299 e. The molecule has 0 amide bonds. The van der Waals surface area contributed by atoms with Crippen molar-refractivity contribution in [2.45, 2.75) is 32.9 Å². The fraction of sp³-hybridized carbons (Fsp3) is 0.875. The van der Waals surface area contributed by atoms with Crippen molar-refractivity contribution in [1.29, 1.82) is 0 Å². The van der Waals surface area contributed by atoms with Gasteiger partial charge in [0.05, 0.1) is 6.67 Å². The van der Waals surface area contributed by atoms with Gasteiger partial charge in [-0.3, -0.25) is 10.3 Å². The van der Waals surface area contributed by atoms with E-state index in [0.717, 1.165) is 6.54 Å². The van der Waals surface area contributed by atoms with E-state index in [4.69, 9.17) is 0 Å². The molecule has 78 valence electrons. The first-order valence-corrected chi connectivity index (χ1v) is 4.23. The highest BCUT2D eigenvalue weighted by Gasteiger charge is 2.26. The molecule has 0 saturated heterocycles. The Hall–Kier alpha value is -0.580. The Balaban J connectivity index is 3.61. The Morgan fingerprint density at radius 2 is 2.00 bits per heavy atom. The first-order valence-electron chi connectivity index (χ1n) is 4.23. The third-order valence-corrected chi connectivity index (χ3v) is 1.48. The molecule has 0 aliphatic rings. The minimum absolute atomic E-state index is 0.00507. The maximum atomic E-state index is 11.7. The lowest BCUT2D eigenvalue weighted by atomic mass is 10.2. The summed E-state index contributed by atoms with van der Waals surface area (Å²) in [6, 6.07) is 0. The van der Waals surface area contributed by atoms with Gasteiger partial charge in [0, 0.05) is 12.1 Å². The van der Waals surface area contributed by atoms with Crippen molar-refractivity contribution >= 4 is 5.71 Å². The van der Waals surface area contributed by atoms with Crippen LogP contribution < -0.4 is 5.32 Å². The fourth-order valence-corrected chi connectivity index (χ4v) is 0.704. The molecule has 0 atom stereocenters. The quantitative estimate of drug-likeness (QED) is 0.529. The van der Waals surface area contributed by atoms with Crippen LogP contribution in [-0.2, 0) is 0 Å². The predicted octanol–water partition coefficient (Wildman–Crippen LogP) is 2.36. The van der Waals surface area contributed by atoms with Crippen LogP contribution in [0.2, 0.25) is 0 Å². The Bertz CT molecular complexity index is 163. The molecule has 1 N–H and O–H groups in total. The SMILES string of the molecule is CCNCN=C(C)CCC(F)(F)F. The molecule has 0 rings (SSSR count). The molecule has 0 unspecified atom stereocenters. The summed E-state index contributed by atoms with van der Waals surface area (Å²) in [6.07, 6.45) is -4.86. The van der Waals surface area contributed by atoms with Gasteiger partial charge in [0.2, 0.25) is 0 Å². The Morgan fingerprint density at radius 3 is 2.46 bits per heavy atom. The van der Waals surface area contributed by atoms with Gasteiger partial charge in [-0.05, 0) is 19.9 Å². The second-order valence-electron chi connectivity index (χ2n) is 2.77. The highest BCUT2D eigenvalue weighted by atomic mass is 19.4. The molecular formula is C8H15F3N2. The standard InChI is InChI=1S/C8H15F3N2/c1-3-12-6-13-7(2)4-5-8(9,10)11/h12H,3-6H2,1-2H3. The normalized spacial score (nSPS) is 13.5. The fourth-order valence-electron chi connectivity index (χ4n) is 0.704. The highest BCUT2D eigenvalue weighted by Crippen LogP contribution is 2.21. The minimum Gasteiger partial charge on any atom is -0.299 e. The summed E-state index contributed by atoms with van der Waals surface area (Å²) in [5, 5.41) is 2.91. The molecular weight excluding hydrogens is 181 g/mol. The van der Waals surface area contributed by atoms with Gasteiger partial charge in [-0.15, -0.1) is 0 Å². The highest BCUT2D eigenvalue weighted by molar-refractivity contribution is 5.81. The number of nitrogens with zero attached hydrogens (tertiary/aromatic N) is 1. The van der Waals surface area contributed by atoms with Crippen LogP contribution in [0.4, 0.5) is 13.2 Å². The van der Waals surface area contributed by atoms with Crippen LogP contribution in [-0.4, -0.2) is 25.1 Å². The molecule has 0 aromatic rings. The molecule has 2 nitrogen and oxygen atoms in total. The number of alkyl halides is 3. The van der Waals surface area contributed by atoms with Crippen molar-refractivity contribution < 1.29 is 13.2 Å². The lowest BCUT2D eigenvalue weighted by molar-refractivity contribution is -0.132. The average molecular weight is 196 g/mol. The molecule has 5 heteroatoms. The third-order valence-electron chi connectivity index (χ3n) is 1.48. The van der Waals surface area contributed by atoms with Crippen molar-refractivity contribution in [3.63, 3.8) is 0 Å². The van der Waals surface area contributed by atoms with Crippen LogP contribution in [0, 0.1) is 0 Å². The van der Waals surface area contributed by atoms with E-state index in [2.05, 4.69) is 10.3 Å². The van der Waals surface area contributed by atoms with E-state index in [9.17, 15) is 13.2 Å². The summed E-state index contributed by atoms with van der Waals surface area (Å²) in [4.78, 5) is 3.92. The van der Waals surface area contributed by atoms with Gasteiger partial charge in [-0.2, -0.15) is 13.2 Å². The molecule has 0 aliphatic carbocycles. The molecule has 0 bridgehead atoms. The van der Waals surface area contributed by atoms with Crippen LogP contribution >= 0.6 is 0 Å². The lowest BCUT2D eigenvalue weighted by Crippen LogP contribution is -2.14. The summed E-state index contributed by atoms with van der Waals surface area (Å²) in [7, 11) is 0. The molecule has 0 spiro atoms. The van der Waals surface area contributed by atoms with E-state index in [1.165, 1.54) is 0 Å². The van der Waals surface area contributed by atoms with E-state index in [-0.39, 0.29) is 6.42 Å². The Morgan fingerprint density at radius 1 is 1.38 bits per heavy atom. The maximum Gasteiger partial charge on any atom is 0.389 e. The van der Waals surface area contributed by atoms with Gasteiger partial charge >= 0.3 is 6.18 Å². The first-order chi connectivity index (χ1) is 5.95. The summed E-state index contributed by atoms with van der Waals surface area (Å²) >= 11 is 0. The van der Waals surface area contributed by atoms with Gasteiger partial charge in [0.15, 0.2) is 0 Å². The van der Waals surface area contributed by atoms with Crippen molar-refractivity contribution in [3.05, 3.63) is 0 Å². The topological polar surface area (TPSA) is 24.4 Å². The Labute approximate surface area is 76.2 Å². The van der Waals surface area contributed by atoms with Crippen LogP contribution in [0.1, 0.15) is 26.7 Å². The first kappa shape index (κ1) is 12.4. The van der Waals surface area contributed by atoms with Crippen LogP contribution in [0.3, 0.4) is 0 Å². The van der Waals surface area contributed by atoms with Crippen LogP contribution in [0.15, 0.2) is 4.99 Å². The van der Waals surface area contributed by atoms with Crippen molar-refractivity contribution in [1.82, 2.24) is 5.32 Å².